The average molecular weight is 291 g/mol. The van der Waals surface area contributed by atoms with Gasteiger partial charge in [-0.3, -0.25) is 0 Å². The summed E-state index contributed by atoms with van der Waals surface area (Å²) < 4.78 is 5.34. The van der Waals surface area contributed by atoms with Gasteiger partial charge >= 0.3 is 0 Å². The maximum Gasteiger partial charge on any atom is 0.223 e. The number of aliphatic hydroxyl groups is 1. The molecule has 5 nitrogen and oxygen atoms in total. The zero-order chi connectivity index (χ0) is 14.7. The lowest BCUT2D eigenvalue weighted by atomic mass is 9.81. The van der Waals surface area contributed by atoms with Gasteiger partial charge in [-0.15, -0.1) is 0 Å². The Kier molecular flexibility index (Phi) is 4.40. The lowest BCUT2D eigenvalue weighted by Crippen LogP contribution is -2.36. The number of nitrogens with one attached hydrogen (secondary N) is 1. The minimum Gasteiger partial charge on any atom is -0.388 e. The molecule has 5 heteroatoms. The van der Waals surface area contributed by atoms with E-state index in [1.165, 1.54) is 32.1 Å². The van der Waals surface area contributed by atoms with Crippen molar-refractivity contribution in [3.05, 3.63) is 17.5 Å². The summed E-state index contributed by atoms with van der Waals surface area (Å²) in [6.45, 7) is 3.56. The Morgan fingerprint density at radius 2 is 2.14 bits per heavy atom. The fourth-order valence-corrected chi connectivity index (χ4v) is 3.39. The van der Waals surface area contributed by atoms with Gasteiger partial charge in [0.25, 0.3) is 0 Å². The molecular formula is C16H25N3O2. The summed E-state index contributed by atoms with van der Waals surface area (Å²) in [6, 6.07) is 0. The summed E-state index contributed by atoms with van der Waals surface area (Å²) in [4.78, 5) is 8.73. The van der Waals surface area contributed by atoms with Crippen molar-refractivity contribution in [2.45, 2.75) is 64.3 Å². The van der Waals surface area contributed by atoms with Crippen LogP contribution in [0.4, 0.5) is 5.95 Å². The van der Waals surface area contributed by atoms with Gasteiger partial charge in [-0.25, -0.2) is 9.97 Å². The molecular weight excluding hydrogens is 266 g/mol. The Bertz CT molecular complexity index is 484. The van der Waals surface area contributed by atoms with Crippen LogP contribution in [0.1, 0.15) is 56.7 Å². The van der Waals surface area contributed by atoms with Crippen LogP contribution in [0.15, 0.2) is 6.20 Å². The molecule has 21 heavy (non-hydrogen) atoms. The molecule has 1 aromatic rings. The summed E-state index contributed by atoms with van der Waals surface area (Å²) in [5.74, 6) is 1.24. The fraction of sp³-hybridized carbons (Fsp3) is 0.750. The number of hydrogen-bond donors (Lipinski definition) is 2. The molecule has 0 bridgehead atoms. The first-order chi connectivity index (χ1) is 10.1. The van der Waals surface area contributed by atoms with E-state index in [9.17, 15) is 5.11 Å². The van der Waals surface area contributed by atoms with Crippen LogP contribution < -0.4 is 5.32 Å². The Morgan fingerprint density at radius 3 is 2.95 bits per heavy atom. The van der Waals surface area contributed by atoms with Gasteiger partial charge in [-0.05, 0) is 19.3 Å². The van der Waals surface area contributed by atoms with Crippen molar-refractivity contribution in [3.8, 4) is 0 Å². The van der Waals surface area contributed by atoms with Crippen LogP contribution in [0, 0.1) is 5.92 Å². The van der Waals surface area contributed by atoms with Gasteiger partial charge in [-0.1, -0.05) is 32.1 Å². The molecule has 1 saturated carbocycles. The molecule has 2 aliphatic rings. The summed E-state index contributed by atoms with van der Waals surface area (Å²) >= 11 is 0. The third kappa shape index (κ3) is 3.92. The van der Waals surface area contributed by atoms with Crippen molar-refractivity contribution in [1.29, 1.82) is 0 Å². The number of fused-ring (bicyclic) bond motifs is 1. The number of aromatic nitrogens is 2. The zero-order valence-corrected chi connectivity index (χ0v) is 12.8. The molecule has 1 atom stereocenters. The van der Waals surface area contributed by atoms with E-state index in [1.807, 2.05) is 13.1 Å². The monoisotopic (exact) mass is 291 g/mol. The Morgan fingerprint density at radius 1 is 1.33 bits per heavy atom. The molecule has 1 aliphatic carbocycles. The van der Waals surface area contributed by atoms with Crippen LogP contribution in [-0.2, 0) is 18.0 Å². The molecule has 1 aliphatic heterocycles. The Labute approximate surface area is 126 Å². The van der Waals surface area contributed by atoms with Gasteiger partial charge < -0.3 is 15.2 Å². The van der Waals surface area contributed by atoms with Gasteiger partial charge in [0.15, 0.2) is 0 Å². The van der Waals surface area contributed by atoms with E-state index < -0.39 is 5.60 Å². The van der Waals surface area contributed by atoms with Crippen molar-refractivity contribution < 1.29 is 9.84 Å². The van der Waals surface area contributed by atoms with E-state index in [4.69, 9.17) is 4.74 Å². The molecule has 3 rings (SSSR count). The summed E-state index contributed by atoms with van der Waals surface area (Å²) in [5, 5.41) is 13.8. The van der Waals surface area contributed by atoms with Crippen LogP contribution in [0.2, 0.25) is 0 Å². The van der Waals surface area contributed by atoms with Crippen molar-refractivity contribution in [2.75, 3.05) is 11.9 Å². The number of ether oxygens (including phenoxy) is 1. The molecule has 116 valence electrons. The van der Waals surface area contributed by atoms with Crippen LogP contribution in [0.25, 0.3) is 0 Å². The SMILES string of the molecule is CC(O)(CNc1ncc2c(n1)COC2)CC1CCCCC1. The minimum atomic E-state index is -0.707. The van der Waals surface area contributed by atoms with E-state index in [-0.39, 0.29) is 0 Å². The topological polar surface area (TPSA) is 67.3 Å². The molecule has 0 spiro atoms. The van der Waals surface area contributed by atoms with Gasteiger partial charge in [0.2, 0.25) is 5.95 Å². The largest absolute Gasteiger partial charge is 0.388 e. The predicted octanol–water partition coefficient (Wildman–Crippen LogP) is 2.64. The maximum absolute atomic E-state index is 10.6. The van der Waals surface area contributed by atoms with Crippen LogP contribution in [-0.4, -0.2) is 27.2 Å². The molecule has 1 fully saturated rings. The van der Waals surface area contributed by atoms with Crippen LogP contribution in [0.3, 0.4) is 0 Å². The van der Waals surface area contributed by atoms with E-state index in [0.29, 0.717) is 31.6 Å². The van der Waals surface area contributed by atoms with E-state index in [2.05, 4.69) is 15.3 Å². The first-order valence-corrected chi connectivity index (χ1v) is 8.01. The normalized spacial score (nSPS) is 21.8. The van der Waals surface area contributed by atoms with Gasteiger partial charge in [0, 0.05) is 18.3 Å². The smallest absolute Gasteiger partial charge is 0.223 e. The zero-order valence-electron chi connectivity index (χ0n) is 12.8. The third-order valence-corrected chi connectivity index (χ3v) is 4.53. The average Bonchev–Trinajstić information content (AvgIpc) is 2.93. The molecule has 0 amide bonds. The van der Waals surface area contributed by atoms with E-state index >= 15 is 0 Å². The number of hydrogen-bond acceptors (Lipinski definition) is 5. The second kappa shape index (κ2) is 6.28. The summed E-state index contributed by atoms with van der Waals surface area (Å²) in [7, 11) is 0. The quantitative estimate of drug-likeness (QED) is 0.873. The van der Waals surface area contributed by atoms with Crippen molar-refractivity contribution in [1.82, 2.24) is 9.97 Å². The molecule has 0 radical (unpaired) electrons. The summed E-state index contributed by atoms with van der Waals surface area (Å²) in [5.41, 5.74) is 1.31. The number of nitrogens with zero attached hydrogens (tertiary/aromatic N) is 2. The molecule has 0 saturated heterocycles. The van der Waals surface area contributed by atoms with Crippen molar-refractivity contribution in [2.24, 2.45) is 5.92 Å². The van der Waals surface area contributed by atoms with E-state index in [0.717, 1.165) is 17.7 Å². The highest BCUT2D eigenvalue weighted by Gasteiger charge is 2.27. The predicted molar refractivity (Wildman–Crippen MR) is 80.8 cm³/mol. The van der Waals surface area contributed by atoms with Crippen LogP contribution in [0.5, 0.6) is 0 Å². The minimum absolute atomic E-state index is 0.489. The van der Waals surface area contributed by atoms with Crippen LogP contribution >= 0.6 is 0 Å². The number of rotatable bonds is 5. The highest BCUT2D eigenvalue weighted by Crippen LogP contribution is 2.30. The summed E-state index contributed by atoms with van der Waals surface area (Å²) in [6.07, 6.45) is 9.14. The van der Waals surface area contributed by atoms with Crippen molar-refractivity contribution in [3.63, 3.8) is 0 Å². The Hall–Kier alpha value is -1.20. The van der Waals surface area contributed by atoms with Gasteiger partial charge in [0.05, 0.1) is 24.5 Å². The lowest BCUT2D eigenvalue weighted by molar-refractivity contribution is 0.0398. The highest BCUT2D eigenvalue weighted by atomic mass is 16.5. The number of anilines is 1. The maximum atomic E-state index is 10.6. The molecule has 1 aromatic heterocycles. The second-order valence-corrected chi connectivity index (χ2v) is 6.72. The Balaban J connectivity index is 1.53. The second-order valence-electron chi connectivity index (χ2n) is 6.72. The van der Waals surface area contributed by atoms with Gasteiger partial charge in [0.1, 0.15) is 0 Å². The molecule has 2 heterocycles. The first-order valence-electron chi connectivity index (χ1n) is 8.01. The third-order valence-electron chi connectivity index (χ3n) is 4.53. The molecule has 1 unspecified atom stereocenters. The standard InChI is InChI=1S/C16H25N3O2/c1-16(20,7-12-5-3-2-4-6-12)11-18-15-17-8-13-9-21-10-14(13)19-15/h8,12,20H,2-7,9-11H2,1H3,(H,17,18,19). The van der Waals surface area contributed by atoms with Crippen molar-refractivity contribution >= 4 is 5.95 Å². The first kappa shape index (κ1) is 14.7. The highest BCUT2D eigenvalue weighted by molar-refractivity contribution is 5.30. The fourth-order valence-electron chi connectivity index (χ4n) is 3.39. The van der Waals surface area contributed by atoms with Gasteiger partial charge in [-0.2, -0.15) is 0 Å². The molecule has 2 N–H and O–H groups in total. The lowest BCUT2D eigenvalue weighted by Gasteiger charge is -2.30. The molecule has 0 aromatic carbocycles. The van der Waals surface area contributed by atoms with E-state index in [1.54, 1.807) is 0 Å².